The highest BCUT2D eigenvalue weighted by molar-refractivity contribution is 6.31. The van der Waals surface area contributed by atoms with Crippen LogP contribution in [0.2, 0.25) is 5.02 Å². The highest BCUT2D eigenvalue weighted by Crippen LogP contribution is 2.24. The fourth-order valence-corrected chi connectivity index (χ4v) is 2.98. The molecule has 2 rings (SSSR count). The Hall–Kier alpha value is -0.650. The lowest BCUT2D eigenvalue weighted by Crippen LogP contribution is -2.27. The van der Waals surface area contributed by atoms with Crippen molar-refractivity contribution in [3.05, 3.63) is 34.9 Å². The minimum absolute atomic E-state index is 0.0358. The van der Waals surface area contributed by atoms with Gasteiger partial charge in [-0.25, -0.2) is 0 Å². The van der Waals surface area contributed by atoms with Crippen LogP contribution in [0.4, 0.5) is 0 Å². The SMILES string of the molecule is COC1CN(CCC(N)c2ccccc2Cl)CC1OC. The molecule has 1 aromatic rings. The molecule has 1 heterocycles. The van der Waals surface area contributed by atoms with Crippen molar-refractivity contribution >= 4 is 11.6 Å². The quantitative estimate of drug-likeness (QED) is 0.873. The summed E-state index contributed by atoms with van der Waals surface area (Å²) in [4.78, 5) is 2.33. The number of halogens is 1. The van der Waals surface area contributed by atoms with Crippen LogP contribution in [-0.4, -0.2) is 51.0 Å². The second kappa shape index (κ2) is 7.38. The second-order valence-electron chi connectivity index (χ2n) is 5.22. The highest BCUT2D eigenvalue weighted by Gasteiger charge is 2.32. The lowest BCUT2D eigenvalue weighted by Gasteiger charge is -2.19. The van der Waals surface area contributed by atoms with E-state index in [2.05, 4.69) is 4.90 Å². The van der Waals surface area contributed by atoms with Gasteiger partial charge in [-0.05, 0) is 18.1 Å². The normalized spacial score (nSPS) is 25.0. The number of ether oxygens (including phenoxy) is 2. The summed E-state index contributed by atoms with van der Waals surface area (Å²) in [6.07, 6.45) is 1.17. The molecule has 0 saturated carbocycles. The van der Waals surface area contributed by atoms with Crippen molar-refractivity contribution < 1.29 is 9.47 Å². The third kappa shape index (κ3) is 3.71. The van der Waals surface area contributed by atoms with Gasteiger partial charge in [0, 0.05) is 44.9 Å². The molecule has 1 aromatic carbocycles. The lowest BCUT2D eigenvalue weighted by molar-refractivity contribution is -0.00461. The summed E-state index contributed by atoms with van der Waals surface area (Å²) in [5.41, 5.74) is 7.25. The van der Waals surface area contributed by atoms with Gasteiger partial charge in [0.2, 0.25) is 0 Å². The molecular weight excluding hydrogens is 276 g/mol. The summed E-state index contributed by atoms with van der Waals surface area (Å²) in [6, 6.07) is 7.73. The van der Waals surface area contributed by atoms with E-state index < -0.39 is 0 Å². The van der Waals surface area contributed by atoms with Crippen LogP contribution in [-0.2, 0) is 9.47 Å². The molecule has 1 fully saturated rings. The second-order valence-corrected chi connectivity index (χ2v) is 5.63. The van der Waals surface area contributed by atoms with E-state index in [-0.39, 0.29) is 18.2 Å². The summed E-state index contributed by atoms with van der Waals surface area (Å²) >= 11 is 6.17. The number of benzene rings is 1. The molecule has 0 aliphatic carbocycles. The highest BCUT2D eigenvalue weighted by atomic mass is 35.5. The summed E-state index contributed by atoms with van der Waals surface area (Å²) in [6.45, 7) is 2.71. The van der Waals surface area contributed by atoms with Crippen molar-refractivity contribution in [3.8, 4) is 0 Å². The summed E-state index contributed by atoms with van der Waals surface area (Å²) in [7, 11) is 3.46. The van der Waals surface area contributed by atoms with Crippen molar-refractivity contribution in [2.45, 2.75) is 24.7 Å². The van der Waals surface area contributed by atoms with E-state index >= 15 is 0 Å². The molecule has 0 aromatic heterocycles. The smallest absolute Gasteiger partial charge is 0.0971 e. The minimum atomic E-state index is -0.0358. The lowest BCUT2D eigenvalue weighted by atomic mass is 10.0. The van der Waals surface area contributed by atoms with E-state index in [1.54, 1.807) is 14.2 Å². The zero-order valence-corrected chi connectivity index (χ0v) is 12.8. The van der Waals surface area contributed by atoms with E-state index in [1.165, 1.54) is 0 Å². The molecule has 1 saturated heterocycles. The molecular formula is C15H23ClN2O2. The van der Waals surface area contributed by atoms with Crippen molar-refractivity contribution in [1.82, 2.24) is 4.90 Å². The number of nitrogens with zero attached hydrogens (tertiary/aromatic N) is 1. The molecule has 0 bridgehead atoms. The van der Waals surface area contributed by atoms with Gasteiger partial charge in [-0.2, -0.15) is 0 Å². The van der Waals surface area contributed by atoms with Crippen LogP contribution in [0.1, 0.15) is 18.0 Å². The summed E-state index contributed by atoms with van der Waals surface area (Å²) in [5, 5.41) is 0.742. The number of methoxy groups -OCH3 is 2. The van der Waals surface area contributed by atoms with Gasteiger partial charge in [0.1, 0.15) is 0 Å². The van der Waals surface area contributed by atoms with Crippen molar-refractivity contribution in [2.75, 3.05) is 33.9 Å². The van der Waals surface area contributed by atoms with Crippen LogP contribution in [0.3, 0.4) is 0 Å². The summed E-state index contributed by atoms with van der Waals surface area (Å²) in [5.74, 6) is 0. The van der Waals surface area contributed by atoms with Crippen LogP contribution in [0.5, 0.6) is 0 Å². The first-order valence-corrected chi connectivity index (χ1v) is 7.31. The Balaban J connectivity index is 1.85. The molecule has 0 amide bonds. The molecule has 3 unspecified atom stereocenters. The Morgan fingerprint density at radius 2 is 1.85 bits per heavy atom. The van der Waals surface area contributed by atoms with Gasteiger partial charge in [0.15, 0.2) is 0 Å². The third-order valence-corrected chi connectivity index (χ3v) is 4.30. The number of hydrogen-bond acceptors (Lipinski definition) is 4. The summed E-state index contributed by atoms with van der Waals surface area (Å²) < 4.78 is 10.9. The van der Waals surface area contributed by atoms with Crippen LogP contribution >= 0.6 is 11.6 Å². The van der Waals surface area contributed by atoms with E-state index in [4.69, 9.17) is 26.8 Å². The Labute approximate surface area is 125 Å². The van der Waals surface area contributed by atoms with Crippen LogP contribution < -0.4 is 5.73 Å². The van der Waals surface area contributed by atoms with E-state index in [9.17, 15) is 0 Å². The fourth-order valence-electron chi connectivity index (χ4n) is 2.71. The molecule has 5 heteroatoms. The van der Waals surface area contributed by atoms with Gasteiger partial charge < -0.3 is 15.2 Å². The monoisotopic (exact) mass is 298 g/mol. The van der Waals surface area contributed by atoms with E-state index in [0.29, 0.717) is 0 Å². The maximum Gasteiger partial charge on any atom is 0.0971 e. The maximum atomic E-state index is 6.23. The Kier molecular flexibility index (Phi) is 5.81. The van der Waals surface area contributed by atoms with Gasteiger partial charge >= 0.3 is 0 Å². The molecule has 0 radical (unpaired) electrons. The van der Waals surface area contributed by atoms with Gasteiger partial charge in [0.25, 0.3) is 0 Å². The van der Waals surface area contributed by atoms with E-state index in [0.717, 1.165) is 36.6 Å². The van der Waals surface area contributed by atoms with Gasteiger partial charge in [-0.1, -0.05) is 29.8 Å². The standard InChI is InChI=1S/C15H23ClN2O2/c1-19-14-9-18(10-15(14)20-2)8-7-13(17)11-5-3-4-6-12(11)16/h3-6,13-15H,7-10,17H2,1-2H3. The molecule has 1 aliphatic heterocycles. The first-order valence-electron chi connectivity index (χ1n) is 6.93. The predicted molar refractivity (Wildman–Crippen MR) is 81.0 cm³/mol. The van der Waals surface area contributed by atoms with Gasteiger partial charge in [-0.3, -0.25) is 4.90 Å². The first kappa shape index (κ1) is 15.7. The van der Waals surface area contributed by atoms with Crippen molar-refractivity contribution in [3.63, 3.8) is 0 Å². The topological polar surface area (TPSA) is 47.7 Å². The van der Waals surface area contributed by atoms with Crippen LogP contribution in [0, 0.1) is 0 Å². The molecule has 3 atom stereocenters. The molecule has 20 heavy (non-hydrogen) atoms. The molecule has 1 aliphatic rings. The molecule has 2 N–H and O–H groups in total. The third-order valence-electron chi connectivity index (χ3n) is 3.96. The minimum Gasteiger partial charge on any atom is -0.377 e. The van der Waals surface area contributed by atoms with E-state index in [1.807, 2.05) is 24.3 Å². The van der Waals surface area contributed by atoms with Crippen LogP contribution in [0.25, 0.3) is 0 Å². The Morgan fingerprint density at radius 3 is 2.40 bits per heavy atom. The number of nitrogens with two attached hydrogens (primary N) is 1. The van der Waals surface area contributed by atoms with Crippen LogP contribution in [0.15, 0.2) is 24.3 Å². The van der Waals surface area contributed by atoms with Gasteiger partial charge in [0.05, 0.1) is 12.2 Å². The average Bonchev–Trinajstić information content (AvgIpc) is 2.87. The number of likely N-dealkylation sites (tertiary alicyclic amines) is 1. The molecule has 112 valence electrons. The zero-order chi connectivity index (χ0) is 14.5. The maximum absolute atomic E-state index is 6.23. The van der Waals surface area contributed by atoms with Crippen molar-refractivity contribution in [1.29, 1.82) is 0 Å². The van der Waals surface area contributed by atoms with Crippen molar-refractivity contribution in [2.24, 2.45) is 5.73 Å². The average molecular weight is 299 g/mol. The number of rotatable bonds is 6. The molecule has 4 nitrogen and oxygen atoms in total. The largest absolute Gasteiger partial charge is 0.377 e. The fraction of sp³-hybridized carbons (Fsp3) is 0.600. The first-order chi connectivity index (χ1) is 9.65. The predicted octanol–water partition coefficient (Wildman–Crippen LogP) is 2.08. The Morgan fingerprint density at radius 1 is 1.25 bits per heavy atom. The number of hydrogen-bond donors (Lipinski definition) is 1. The van der Waals surface area contributed by atoms with Gasteiger partial charge in [-0.15, -0.1) is 0 Å². The Bertz CT molecular complexity index is 418. The zero-order valence-electron chi connectivity index (χ0n) is 12.1. The molecule has 0 spiro atoms.